The van der Waals surface area contributed by atoms with Crippen LogP contribution < -0.4 is 0 Å². The van der Waals surface area contributed by atoms with Crippen LogP contribution in [0.1, 0.15) is 26.3 Å². The maximum absolute atomic E-state index is 12.0. The lowest BCUT2D eigenvalue weighted by Crippen LogP contribution is -2.08. The first-order valence-electron chi connectivity index (χ1n) is 7.04. The van der Waals surface area contributed by atoms with Gasteiger partial charge < -0.3 is 9.14 Å². The standard InChI is InChI=1S/C18H15NO3/c20-13-15-4-1-3-14(11-15)7-10-22-18(21)16-6-9-19-8-2-5-17(19)12-16/h1-6,8-9,11-13H,7,10H2. The maximum Gasteiger partial charge on any atom is 0.338 e. The molecule has 0 aliphatic heterocycles. The molecule has 0 atom stereocenters. The summed E-state index contributed by atoms with van der Waals surface area (Å²) in [6.45, 7) is 0.285. The number of fused-ring (bicyclic) bond motifs is 1. The fraction of sp³-hybridized carbons (Fsp3) is 0.111. The van der Waals surface area contributed by atoms with E-state index in [-0.39, 0.29) is 12.6 Å². The molecule has 0 aliphatic rings. The van der Waals surface area contributed by atoms with E-state index in [0.29, 0.717) is 17.5 Å². The molecule has 2 aromatic heterocycles. The van der Waals surface area contributed by atoms with E-state index in [9.17, 15) is 9.59 Å². The first-order chi connectivity index (χ1) is 10.8. The summed E-state index contributed by atoms with van der Waals surface area (Å²) in [7, 11) is 0. The van der Waals surface area contributed by atoms with E-state index in [1.54, 1.807) is 24.3 Å². The number of rotatable bonds is 5. The minimum absolute atomic E-state index is 0.285. The average molecular weight is 293 g/mol. The van der Waals surface area contributed by atoms with E-state index in [0.717, 1.165) is 17.4 Å². The molecule has 4 nitrogen and oxygen atoms in total. The van der Waals surface area contributed by atoms with Crippen LogP contribution in [0.15, 0.2) is 60.9 Å². The van der Waals surface area contributed by atoms with Crippen molar-refractivity contribution in [1.29, 1.82) is 0 Å². The molecule has 1 aromatic carbocycles. The molecular formula is C18H15NO3. The van der Waals surface area contributed by atoms with E-state index in [4.69, 9.17) is 4.74 Å². The summed E-state index contributed by atoms with van der Waals surface area (Å²) in [5.41, 5.74) is 3.09. The number of carbonyl (C=O) groups is 2. The first-order valence-corrected chi connectivity index (χ1v) is 7.04. The molecule has 110 valence electrons. The van der Waals surface area contributed by atoms with Crippen LogP contribution in [0.4, 0.5) is 0 Å². The van der Waals surface area contributed by atoms with Gasteiger partial charge in [-0.05, 0) is 35.9 Å². The van der Waals surface area contributed by atoms with Crippen molar-refractivity contribution in [3.05, 3.63) is 77.6 Å². The Kier molecular flexibility index (Phi) is 4.01. The normalized spacial score (nSPS) is 10.5. The molecule has 0 unspecified atom stereocenters. The predicted octanol–water partition coefficient (Wildman–Crippen LogP) is 3.15. The molecule has 3 aromatic rings. The van der Waals surface area contributed by atoms with Gasteiger partial charge in [-0.3, -0.25) is 4.79 Å². The molecule has 0 fully saturated rings. The molecule has 3 rings (SSSR count). The average Bonchev–Trinajstić information content (AvgIpc) is 3.02. The van der Waals surface area contributed by atoms with Crippen molar-refractivity contribution in [1.82, 2.24) is 4.40 Å². The number of aldehydes is 1. The van der Waals surface area contributed by atoms with Gasteiger partial charge in [-0.25, -0.2) is 4.79 Å². The lowest BCUT2D eigenvalue weighted by atomic mass is 10.1. The molecule has 0 bridgehead atoms. The number of carbonyl (C=O) groups excluding carboxylic acids is 2. The van der Waals surface area contributed by atoms with Crippen molar-refractivity contribution >= 4 is 17.8 Å². The number of aromatic nitrogens is 1. The van der Waals surface area contributed by atoms with Gasteiger partial charge in [0.1, 0.15) is 6.29 Å². The smallest absolute Gasteiger partial charge is 0.338 e. The Balaban J connectivity index is 1.60. The molecule has 0 spiro atoms. The molecule has 0 radical (unpaired) electrons. The van der Waals surface area contributed by atoms with Crippen molar-refractivity contribution < 1.29 is 14.3 Å². The Morgan fingerprint density at radius 1 is 1.09 bits per heavy atom. The van der Waals surface area contributed by atoms with Gasteiger partial charge in [-0.15, -0.1) is 0 Å². The highest BCUT2D eigenvalue weighted by Gasteiger charge is 2.08. The Hall–Kier alpha value is -2.88. The fourth-order valence-corrected chi connectivity index (χ4v) is 2.33. The predicted molar refractivity (Wildman–Crippen MR) is 83.2 cm³/mol. The van der Waals surface area contributed by atoms with E-state index >= 15 is 0 Å². The molecule has 22 heavy (non-hydrogen) atoms. The highest BCUT2D eigenvalue weighted by atomic mass is 16.5. The zero-order valence-electron chi connectivity index (χ0n) is 11.9. The molecule has 0 saturated carbocycles. The van der Waals surface area contributed by atoms with Gasteiger partial charge in [-0.2, -0.15) is 0 Å². The van der Waals surface area contributed by atoms with Crippen LogP contribution in [0, 0.1) is 0 Å². The molecule has 0 aliphatic carbocycles. The third kappa shape index (κ3) is 3.06. The molecule has 2 heterocycles. The SMILES string of the molecule is O=Cc1cccc(CCOC(=O)c2ccn3cccc3c2)c1. The van der Waals surface area contributed by atoms with Crippen LogP contribution in [-0.2, 0) is 11.2 Å². The molecule has 4 heteroatoms. The second kappa shape index (κ2) is 6.26. The Labute approximate surface area is 128 Å². The number of benzene rings is 1. The van der Waals surface area contributed by atoms with E-state index < -0.39 is 0 Å². The van der Waals surface area contributed by atoms with Crippen LogP contribution in [0.2, 0.25) is 0 Å². The van der Waals surface area contributed by atoms with Crippen molar-refractivity contribution in [2.24, 2.45) is 0 Å². The van der Waals surface area contributed by atoms with E-state index in [1.807, 2.05) is 41.1 Å². The summed E-state index contributed by atoms with van der Waals surface area (Å²) < 4.78 is 7.23. The van der Waals surface area contributed by atoms with Crippen LogP contribution in [0.5, 0.6) is 0 Å². The quantitative estimate of drug-likeness (QED) is 0.536. The Morgan fingerprint density at radius 2 is 2.00 bits per heavy atom. The molecule has 0 saturated heterocycles. The van der Waals surface area contributed by atoms with Gasteiger partial charge in [0.2, 0.25) is 0 Å². The van der Waals surface area contributed by atoms with Crippen molar-refractivity contribution in [2.45, 2.75) is 6.42 Å². The van der Waals surface area contributed by atoms with Crippen LogP contribution in [0.25, 0.3) is 5.52 Å². The maximum atomic E-state index is 12.0. The summed E-state index contributed by atoms with van der Waals surface area (Å²) in [5, 5.41) is 0. The minimum Gasteiger partial charge on any atom is -0.462 e. The number of hydrogen-bond donors (Lipinski definition) is 0. The first kappa shape index (κ1) is 14.1. The third-order valence-electron chi connectivity index (χ3n) is 3.48. The van der Waals surface area contributed by atoms with Crippen LogP contribution >= 0.6 is 0 Å². The number of pyridine rings is 1. The van der Waals surface area contributed by atoms with Crippen LogP contribution in [-0.4, -0.2) is 23.3 Å². The highest BCUT2D eigenvalue weighted by molar-refractivity contribution is 5.90. The minimum atomic E-state index is -0.338. The Morgan fingerprint density at radius 3 is 2.86 bits per heavy atom. The number of hydrogen-bond acceptors (Lipinski definition) is 3. The number of ether oxygens (including phenoxy) is 1. The fourth-order valence-electron chi connectivity index (χ4n) is 2.33. The van der Waals surface area contributed by atoms with Crippen LogP contribution in [0.3, 0.4) is 0 Å². The van der Waals surface area contributed by atoms with Gasteiger partial charge in [0.25, 0.3) is 0 Å². The van der Waals surface area contributed by atoms with Gasteiger partial charge in [0.05, 0.1) is 12.2 Å². The summed E-state index contributed by atoms with van der Waals surface area (Å²) in [5.74, 6) is -0.338. The van der Waals surface area contributed by atoms with Gasteiger partial charge >= 0.3 is 5.97 Å². The topological polar surface area (TPSA) is 47.8 Å². The van der Waals surface area contributed by atoms with Crippen molar-refractivity contribution in [3.63, 3.8) is 0 Å². The summed E-state index contributed by atoms with van der Waals surface area (Å²) >= 11 is 0. The summed E-state index contributed by atoms with van der Waals surface area (Å²) in [6, 6.07) is 14.7. The second-order valence-electron chi connectivity index (χ2n) is 5.00. The number of nitrogens with zero attached hydrogens (tertiary/aromatic N) is 1. The van der Waals surface area contributed by atoms with E-state index in [2.05, 4.69) is 0 Å². The lowest BCUT2D eigenvalue weighted by molar-refractivity contribution is 0.0509. The van der Waals surface area contributed by atoms with Gasteiger partial charge in [0.15, 0.2) is 0 Å². The Bertz CT molecular complexity index is 820. The summed E-state index contributed by atoms with van der Waals surface area (Å²) in [4.78, 5) is 22.8. The zero-order valence-corrected chi connectivity index (χ0v) is 11.9. The number of esters is 1. The zero-order chi connectivity index (χ0) is 15.4. The van der Waals surface area contributed by atoms with E-state index in [1.165, 1.54) is 0 Å². The largest absolute Gasteiger partial charge is 0.462 e. The molecular weight excluding hydrogens is 278 g/mol. The third-order valence-corrected chi connectivity index (χ3v) is 3.48. The molecule has 0 amide bonds. The van der Waals surface area contributed by atoms with Crippen molar-refractivity contribution in [3.8, 4) is 0 Å². The molecule has 0 N–H and O–H groups in total. The van der Waals surface area contributed by atoms with Gasteiger partial charge in [0, 0.05) is 29.9 Å². The summed E-state index contributed by atoms with van der Waals surface area (Å²) in [6.07, 6.45) is 5.15. The van der Waals surface area contributed by atoms with Gasteiger partial charge in [-0.1, -0.05) is 18.2 Å². The monoisotopic (exact) mass is 293 g/mol. The highest BCUT2D eigenvalue weighted by Crippen LogP contribution is 2.10. The lowest BCUT2D eigenvalue weighted by Gasteiger charge is -2.06. The van der Waals surface area contributed by atoms with Crippen molar-refractivity contribution in [2.75, 3.05) is 6.61 Å². The second-order valence-corrected chi connectivity index (χ2v) is 5.00.